The van der Waals surface area contributed by atoms with E-state index >= 15 is 0 Å². The van der Waals surface area contributed by atoms with E-state index in [-0.39, 0.29) is 41.7 Å². The number of oxazole rings is 1. The number of Topliss-reactive ketones (excluding diaryl/α,β-unsaturated/α-hetero) is 1. The highest BCUT2D eigenvalue weighted by atomic mass is 19.1. The molecule has 1 aromatic heterocycles. The second-order valence-electron chi connectivity index (χ2n) is 7.58. The van der Waals surface area contributed by atoms with Gasteiger partial charge in [0.1, 0.15) is 5.82 Å². The second-order valence-corrected chi connectivity index (χ2v) is 7.58. The molecule has 1 amide bonds. The zero-order chi connectivity index (χ0) is 24.6. The van der Waals surface area contributed by atoms with Crippen LogP contribution >= 0.6 is 0 Å². The van der Waals surface area contributed by atoms with Crippen LogP contribution in [0.3, 0.4) is 0 Å². The zero-order valence-corrected chi connectivity index (χ0v) is 18.6. The molecule has 0 saturated heterocycles. The fraction of sp³-hybridized carbons (Fsp3) is 0.111. The monoisotopic (exact) mass is 472 g/mol. The first-order valence-corrected chi connectivity index (χ1v) is 10.8. The van der Waals surface area contributed by atoms with Crippen molar-refractivity contribution in [3.8, 4) is 11.3 Å². The van der Waals surface area contributed by atoms with Crippen LogP contribution in [0.25, 0.3) is 11.3 Å². The van der Waals surface area contributed by atoms with E-state index in [1.54, 1.807) is 66.7 Å². The quantitative estimate of drug-likeness (QED) is 0.269. The first kappa shape index (κ1) is 23.6. The molecule has 4 rings (SSSR count). The molecule has 4 aromatic rings. The lowest BCUT2D eigenvalue weighted by molar-refractivity contribution is -0.142. The molecule has 0 bridgehead atoms. The number of esters is 1. The highest BCUT2D eigenvalue weighted by Gasteiger charge is 2.14. The van der Waals surface area contributed by atoms with E-state index in [1.807, 2.05) is 6.07 Å². The molecular formula is C27H21FN2O5. The molecular weight excluding hydrogens is 451 g/mol. The van der Waals surface area contributed by atoms with Crippen LogP contribution in [0.5, 0.6) is 0 Å². The van der Waals surface area contributed by atoms with E-state index in [0.717, 1.165) is 0 Å². The van der Waals surface area contributed by atoms with Crippen molar-refractivity contribution in [3.05, 3.63) is 108 Å². The Kier molecular flexibility index (Phi) is 7.42. The summed E-state index contributed by atoms with van der Waals surface area (Å²) in [6.07, 6.45) is 1.50. The number of nitrogens with zero attached hydrogens (tertiary/aromatic N) is 1. The SMILES string of the molecule is O=C(CCc1ncc(-c2ccccc2F)o1)OCC(=O)c1ccc(NC(=O)c2ccccc2)cc1. The standard InChI is InChI=1S/C27H21FN2O5/c28-22-9-5-4-8-21(22)24-16-29-25(35-24)14-15-26(32)34-17-23(31)18-10-12-20(13-11-18)30-27(33)19-6-2-1-3-7-19/h1-13,16H,14-15,17H2,(H,30,33). The van der Waals surface area contributed by atoms with Crippen LogP contribution in [0.15, 0.2) is 89.5 Å². The third-order valence-electron chi connectivity index (χ3n) is 5.10. The fourth-order valence-electron chi connectivity index (χ4n) is 3.25. The minimum atomic E-state index is -0.587. The Bertz CT molecular complexity index is 1330. The van der Waals surface area contributed by atoms with Gasteiger partial charge in [0.25, 0.3) is 5.91 Å². The number of aromatic nitrogens is 1. The minimum absolute atomic E-state index is 0.0467. The average Bonchev–Trinajstić information content (AvgIpc) is 3.36. The topological polar surface area (TPSA) is 98.5 Å². The summed E-state index contributed by atoms with van der Waals surface area (Å²) in [6.45, 7) is -0.416. The maximum atomic E-state index is 13.9. The lowest BCUT2D eigenvalue weighted by Crippen LogP contribution is -2.15. The van der Waals surface area contributed by atoms with Crippen molar-refractivity contribution < 1.29 is 27.9 Å². The summed E-state index contributed by atoms with van der Waals surface area (Å²) in [5.41, 5.74) is 1.68. The Labute approximate surface area is 200 Å². The molecule has 0 aliphatic carbocycles. The van der Waals surface area contributed by atoms with Gasteiger partial charge in [-0.25, -0.2) is 9.37 Å². The van der Waals surface area contributed by atoms with Gasteiger partial charge in [0.15, 0.2) is 24.0 Å². The van der Waals surface area contributed by atoms with Crippen LogP contribution in [0.4, 0.5) is 10.1 Å². The molecule has 3 aromatic carbocycles. The van der Waals surface area contributed by atoms with Crippen LogP contribution in [-0.2, 0) is 16.0 Å². The van der Waals surface area contributed by atoms with Gasteiger partial charge in [-0.3, -0.25) is 14.4 Å². The molecule has 7 nitrogen and oxygen atoms in total. The van der Waals surface area contributed by atoms with E-state index in [9.17, 15) is 18.8 Å². The lowest BCUT2D eigenvalue weighted by Gasteiger charge is -2.07. The largest absolute Gasteiger partial charge is 0.457 e. The molecule has 0 unspecified atom stereocenters. The summed E-state index contributed by atoms with van der Waals surface area (Å²) in [6, 6.07) is 21.2. The number of ketones is 1. The number of halogens is 1. The number of benzene rings is 3. The van der Waals surface area contributed by atoms with Crippen molar-refractivity contribution in [3.63, 3.8) is 0 Å². The zero-order valence-electron chi connectivity index (χ0n) is 18.6. The van der Waals surface area contributed by atoms with E-state index in [0.29, 0.717) is 16.8 Å². The van der Waals surface area contributed by atoms with Gasteiger partial charge < -0.3 is 14.5 Å². The highest BCUT2D eigenvalue weighted by Crippen LogP contribution is 2.23. The van der Waals surface area contributed by atoms with E-state index in [4.69, 9.17) is 9.15 Å². The number of hydrogen-bond donors (Lipinski definition) is 1. The number of rotatable bonds is 9. The molecule has 1 heterocycles. The smallest absolute Gasteiger partial charge is 0.306 e. The van der Waals surface area contributed by atoms with Crippen molar-refractivity contribution in [2.75, 3.05) is 11.9 Å². The van der Waals surface area contributed by atoms with E-state index in [1.165, 1.54) is 12.3 Å². The fourth-order valence-corrected chi connectivity index (χ4v) is 3.25. The van der Waals surface area contributed by atoms with Crippen LogP contribution in [0.2, 0.25) is 0 Å². The average molecular weight is 472 g/mol. The summed E-state index contributed by atoms with van der Waals surface area (Å²) in [7, 11) is 0. The third kappa shape index (κ3) is 6.26. The second kappa shape index (κ2) is 11.0. The predicted octanol–water partition coefficient (Wildman–Crippen LogP) is 5.09. The minimum Gasteiger partial charge on any atom is -0.457 e. The molecule has 1 N–H and O–H groups in total. The lowest BCUT2D eigenvalue weighted by atomic mass is 10.1. The third-order valence-corrected chi connectivity index (χ3v) is 5.10. The molecule has 0 saturated carbocycles. The molecule has 0 atom stereocenters. The molecule has 0 aliphatic heterocycles. The van der Waals surface area contributed by atoms with Gasteiger partial charge in [-0.1, -0.05) is 30.3 Å². The molecule has 0 spiro atoms. The Morgan fingerprint density at radius 2 is 1.60 bits per heavy atom. The van der Waals surface area contributed by atoms with Gasteiger partial charge in [0, 0.05) is 23.2 Å². The van der Waals surface area contributed by atoms with Gasteiger partial charge in [-0.2, -0.15) is 0 Å². The number of aryl methyl sites for hydroxylation is 1. The number of nitrogens with one attached hydrogen (secondary N) is 1. The summed E-state index contributed by atoms with van der Waals surface area (Å²) in [4.78, 5) is 40.6. The van der Waals surface area contributed by atoms with Crippen molar-refractivity contribution in [1.29, 1.82) is 0 Å². The van der Waals surface area contributed by atoms with Crippen molar-refractivity contribution >= 4 is 23.3 Å². The number of hydrogen-bond acceptors (Lipinski definition) is 6. The first-order chi connectivity index (χ1) is 17.0. The van der Waals surface area contributed by atoms with Crippen LogP contribution in [0, 0.1) is 5.82 Å². The van der Waals surface area contributed by atoms with E-state index < -0.39 is 18.4 Å². The Morgan fingerprint density at radius 3 is 2.34 bits per heavy atom. The maximum absolute atomic E-state index is 13.9. The molecule has 8 heteroatoms. The number of amides is 1. The Morgan fingerprint density at radius 1 is 0.886 bits per heavy atom. The van der Waals surface area contributed by atoms with Crippen molar-refractivity contribution in [2.24, 2.45) is 0 Å². The van der Waals surface area contributed by atoms with Gasteiger partial charge in [0.2, 0.25) is 0 Å². The Hall–Kier alpha value is -4.59. The van der Waals surface area contributed by atoms with Crippen LogP contribution in [0.1, 0.15) is 33.0 Å². The molecule has 0 fully saturated rings. The van der Waals surface area contributed by atoms with E-state index in [2.05, 4.69) is 10.3 Å². The summed E-state index contributed by atoms with van der Waals surface area (Å²) < 4.78 is 24.4. The molecule has 176 valence electrons. The highest BCUT2D eigenvalue weighted by molar-refractivity contribution is 6.04. The molecule has 0 aliphatic rings. The molecule has 0 radical (unpaired) electrons. The van der Waals surface area contributed by atoms with Gasteiger partial charge in [-0.15, -0.1) is 0 Å². The predicted molar refractivity (Wildman–Crippen MR) is 126 cm³/mol. The number of ether oxygens (including phenoxy) is 1. The Balaban J connectivity index is 1.23. The summed E-state index contributed by atoms with van der Waals surface area (Å²) >= 11 is 0. The van der Waals surface area contributed by atoms with Gasteiger partial charge in [0.05, 0.1) is 18.2 Å². The van der Waals surface area contributed by atoms with Gasteiger partial charge in [-0.05, 0) is 48.5 Å². The van der Waals surface area contributed by atoms with Crippen LogP contribution in [-0.4, -0.2) is 29.3 Å². The van der Waals surface area contributed by atoms with Crippen LogP contribution < -0.4 is 5.32 Å². The first-order valence-electron chi connectivity index (χ1n) is 10.8. The van der Waals surface area contributed by atoms with Gasteiger partial charge >= 0.3 is 5.97 Å². The number of carbonyl (C=O) groups is 3. The molecule has 35 heavy (non-hydrogen) atoms. The summed E-state index contributed by atoms with van der Waals surface area (Å²) in [5, 5.41) is 2.75. The maximum Gasteiger partial charge on any atom is 0.306 e. The summed E-state index contributed by atoms with van der Waals surface area (Å²) in [5.74, 6) is -1.12. The number of anilines is 1. The van der Waals surface area contributed by atoms with Crippen molar-refractivity contribution in [2.45, 2.75) is 12.8 Å². The normalized spacial score (nSPS) is 10.5. The number of carbonyl (C=O) groups excluding carboxylic acids is 3. The van der Waals surface area contributed by atoms with Crippen molar-refractivity contribution in [1.82, 2.24) is 4.98 Å².